The van der Waals surface area contributed by atoms with Gasteiger partial charge in [0.05, 0.1) is 21.6 Å². The largest absolute Gasteiger partial charge is 0.495 e. The quantitative estimate of drug-likeness (QED) is 0.753. The van der Waals surface area contributed by atoms with Gasteiger partial charge in [0.15, 0.2) is 0 Å². The van der Waals surface area contributed by atoms with Crippen LogP contribution in [0.5, 0.6) is 11.5 Å². The highest BCUT2D eigenvalue weighted by Gasteiger charge is 2.08. The number of benzene rings is 2. The van der Waals surface area contributed by atoms with Crippen molar-refractivity contribution >= 4 is 31.9 Å². The number of para-hydroxylation sites is 1. The molecule has 2 aromatic carbocycles. The highest BCUT2D eigenvalue weighted by atomic mass is 79.9. The van der Waals surface area contributed by atoms with E-state index in [4.69, 9.17) is 14.7 Å². The Morgan fingerprint density at radius 2 is 1.85 bits per heavy atom. The number of ether oxygens (including phenoxy) is 2. The van der Waals surface area contributed by atoms with Gasteiger partial charge in [0, 0.05) is 0 Å². The minimum absolute atomic E-state index is 0.375. The summed E-state index contributed by atoms with van der Waals surface area (Å²) in [5.41, 5.74) is 1.41. The normalized spacial score (nSPS) is 9.90. The molecular weight excluding hydrogens is 386 g/mol. The molecule has 0 aliphatic heterocycles. The van der Waals surface area contributed by atoms with Gasteiger partial charge >= 0.3 is 0 Å². The van der Waals surface area contributed by atoms with Crippen LogP contribution in [0, 0.1) is 11.3 Å². The fourth-order valence-corrected chi connectivity index (χ4v) is 2.94. The summed E-state index contributed by atoms with van der Waals surface area (Å²) >= 11 is 6.89. The Balaban J connectivity index is 2.18. The molecule has 2 aromatic rings. The van der Waals surface area contributed by atoms with Gasteiger partial charge in [0.1, 0.15) is 24.2 Å². The molecule has 0 radical (unpaired) electrons. The molecule has 3 nitrogen and oxygen atoms in total. The van der Waals surface area contributed by atoms with Gasteiger partial charge in [-0.25, -0.2) is 0 Å². The van der Waals surface area contributed by atoms with Gasteiger partial charge in [-0.15, -0.1) is 0 Å². The molecule has 5 heteroatoms. The molecule has 2 rings (SSSR count). The first kappa shape index (κ1) is 14.9. The summed E-state index contributed by atoms with van der Waals surface area (Å²) in [6.45, 7) is 0.375. The fraction of sp³-hybridized carbons (Fsp3) is 0.133. The zero-order valence-electron chi connectivity index (χ0n) is 10.7. The Kier molecular flexibility index (Phi) is 5.05. The molecule has 0 heterocycles. The number of rotatable bonds is 4. The van der Waals surface area contributed by atoms with Crippen molar-refractivity contribution in [3.8, 4) is 17.6 Å². The monoisotopic (exact) mass is 395 g/mol. The third-order valence-corrected chi connectivity index (χ3v) is 3.94. The molecule has 0 aromatic heterocycles. The van der Waals surface area contributed by atoms with E-state index in [1.807, 2.05) is 24.3 Å². The van der Waals surface area contributed by atoms with E-state index in [2.05, 4.69) is 37.9 Å². The zero-order valence-corrected chi connectivity index (χ0v) is 13.9. The molecule has 0 bridgehead atoms. The van der Waals surface area contributed by atoms with Crippen LogP contribution in [0.1, 0.15) is 11.1 Å². The molecule has 0 amide bonds. The van der Waals surface area contributed by atoms with Crippen molar-refractivity contribution in [2.24, 2.45) is 0 Å². The SMILES string of the molecule is COc1ccc(COc2c(Br)cccc2Br)cc1C#N. The van der Waals surface area contributed by atoms with E-state index in [1.54, 1.807) is 19.2 Å². The van der Waals surface area contributed by atoms with E-state index < -0.39 is 0 Å². The van der Waals surface area contributed by atoms with Crippen LogP contribution in [0.4, 0.5) is 0 Å². The highest BCUT2D eigenvalue weighted by molar-refractivity contribution is 9.11. The molecule has 0 saturated heterocycles. The minimum Gasteiger partial charge on any atom is -0.495 e. The van der Waals surface area contributed by atoms with Crippen molar-refractivity contribution in [2.75, 3.05) is 7.11 Å². The summed E-state index contributed by atoms with van der Waals surface area (Å²) in [6.07, 6.45) is 0. The van der Waals surface area contributed by atoms with Crippen molar-refractivity contribution in [2.45, 2.75) is 6.61 Å². The lowest BCUT2D eigenvalue weighted by molar-refractivity contribution is 0.302. The summed E-state index contributed by atoms with van der Waals surface area (Å²) in [6, 6.07) is 13.3. The van der Waals surface area contributed by atoms with Crippen molar-refractivity contribution in [1.82, 2.24) is 0 Å². The van der Waals surface area contributed by atoms with Crippen LogP contribution in [-0.4, -0.2) is 7.11 Å². The van der Waals surface area contributed by atoms with Crippen LogP contribution >= 0.6 is 31.9 Å². The summed E-state index contributed by atoms with van der Waals surface area (Å²) in [4.78, 5) is 0. The van der Waals surface area contributed by atoms with E-state index in [1.165, 1.54) is 0 Å². The van der Waals surface area contributed by atoms with Gasteiger partial charge in [-0.2, -0.15) is 5.26 Å². The van der Waals surface area contributed by atoms with Crippen LogP contribution in [0.25, 0.3) is 0 Å². The molecule has 0 fully saturated rings. The molecule has 0 N–H and O–H groups in total. The lowest BCUT2D eigenvalue weighted by atomic mass is 10.1. The molecule has 0 aliphatic rings. The Hall–Kier alpha value is -1.51. The average molecular weight is 397 g/mol. The van der Waals surface area contributed by atoms with Crippen molar-refractivity contribution in [1.29, 1.82) is 5.26 Å². The maximum atomic E-state index is 9.06. The lowest BCUT2D eigenvalue weighted by Gasteiger charge is -2.11. The third kappa shape index (κ3) is 3.33. The first-order chi connectivity index (χ1) is 9.65. The molecule has 0 atom stereocenters. The van der Waals surface area contributed by atoms with E-state index in [0.29, 0.717) is 17.9 Å². The van der Waals surface area contributed by atoms with Crippen molar-refractivity contribution in [3.63, 3.8) is 0 Å². The minimum atomic E-state index is 0.375. The summed E-state index contributed by atoms with van der Waals surface area (Å²) in [5.74, 6) is 1.31. The Labute approximate surface area is 134 Å². The predicted octanol–water partition coefficient (Wildman–Crippen LogP) is 4.67. The smallest absolute Gasteiger partial charge is 0.148 e. The number of methoxy groups -OCH3 is 1. The molecular formula is C15H11Br2NO2. The van der Waals surface area contributed by atoms with E-state index in [-0.39, 0.29) is 0 Å². The van der Waals surface area contributed by atoms with E-state index in [0.717, 1.165) is 20.3 Å². The fourth-order valence-electron chi connectivity index (χ4n) is 1.71. The topological polar surface area (TPSA) is 42.2 Å². The predicted molar refractivity (Wildman–Crippen MR) is 83.9 cm³/mol. The van der Waals surface area contributed by atoms with Gasteiger partial charge in [-0.3, -0.25) is 0 Å². The lowest BCUT2D eigenvalue weighted by Crippen LogP contribution is -1.98. The average Bonchev–Trinajstić information content (AvgIpc) is 2.46. The van der Waals surface area contributed by atoms with E-state index >= 15 is 0 Å². The maximum absolute atomic E-state index is 9.06. The second-order valence-electron chi connectivity index (χ2n) is 3.99. The van der Waals surface area contributed by atoms with Crippen LogP contribution < -0.4 is 9.47 Å². The second kappa shape index (κ2) is 6.78. The van der Waals surface area contributed by atoms with Gasteiger partial charge in [0.25, 0.3) is 0 Å². The van der Waals surface area contributed by atoms with Crippen molar-refractivity contribution in [3.05, 3.63) is 56.5 Å². The van der Waals surface area contributed by atoms with Crippen LogP contribution in [-0.2, 0) is 6.61 Å². The number of hydrogen-bond acceptors (Lipinski definition) is 3. The first-order valence-electron chi connectivity index (χ1n) is 5.79. The number of hydrogen-bond donors (Lipinski definition) is 0. The summed E-state index contributed by atoms with van der Waals surface area (Å²) in [7, 11) is 1.55. The van der Waals surface area contributed by atoms with Crippen LogP contribution in [0.2, 0.25) is 0 Å². The maximum Gasteiger partial charge on any atom is 0.148 e. The van der Waals surface area contributed by atoms with Gasteiger partial charge < -0.3 is 9.47 Å². The molecule has 102 valence electrons. The summed E-state index contributed by atoms with van der Waals surface area (Å²) in [5, 5.41) is 9.06. The Bertz CT molecular complexity index is 645. The highest BCUT2D eigenvalue weighted by Crippen LogP contribution is 2.33. The standard InChI is InChI=1S/C15H11Br2NO2/c1-19-14-6-5-10(7-11(14)8-18)9-20-15-12(16)3-2-4-13(15)17/h2-7H,9H2,1H3. The molecule has 20 heavy (non-hydrogen) atoms. The first-order valence-corrected chi connectivity index (χ1v) is 7.38. The third-order valence-electron chi connectivity index (χ3n) is 2.69. The zero-order chi connectivity index (χ0) is 14.5. The van der Waals surface area contributed by atoms with Crippen molar-refractivity contribution < 1.29 is 9.47 Å². The molecule has 0 saturated carbocycles. The van der Waals surface area contributed by atoms with E-state index in [9.17, 15) is 0 Å². The van der Waals surface area contributed by atoms with Crippen LogP contribution in [0.3, 0.4) is 0 Å². The van der Waals surface area contributed by atoms with Gasteiger partial charge in [-0.1, -0.05) is 12.1 Å². The number of nitriles is 1. The second-order valence-corrected chi connectivity index (χ2v) is 5.69. The van der Waals surface area contributed by atoms with Crippen LogP contribution in [0.15, 0.2) is 45.3 Å². The number of nitrogens with zero attached hydrogens (tertiary/aromatic N) is 1. The molecule has 0 spiro atoms. The number of halogens is 2. The Morgan fingerprint density at radius 3 is 2.45 bits per heavy atom. The van der Waals surface area contributed by atoms with Gasteiger partial charge in [-0.05, 0) is 61.7 Å². The molecule has 0 aliphatic carbocycles. The Morgan fingerprint density at radius 1 is 1.15 bits per heavy atom. The summed E-state index contributed by atoms with van der Waals surface area (Å²) < 4.78 is 12.6. The van der Waals surface area contributed by atoms with Gasteiger partial charge in [0.2, 0.25) is 0 Å². The molecule has 0 unspecified atom stereocenters.